The van der Waals surface area contributed by atoms with Crippen LogP contribution >= 0.6 is 15.9 Å². The van der Waals surface area contributed by atoms with Crippen LogP contribution in [-0.4, -0.2) is 60.0 Å². The Bertz CT molecular complexity index is 951. The van der Waals surface area contributed by atoms with Crippen molar-refractivity contribution in [3.8, 4) is 0 Å². The maximum atomic E-state index is 12.4. The molecule has 0 amide bonds. The van der Waals surface area contributed by atoms with E-state index < -0.39 is 49.1 Å². The molecule has 0 spiro atoms. The standard InChI is InChI=1S/C28H54BrNO5Si3/c1-25(2,3)36(10,11)32-19-21-23(34-37(12,13)26(4,5)6)24(35-38(14,15)27(7,8)9)28(31,33-21)20-16-17-22(29)30-18-20/h16-18,21,23-24,31H,19H2,1-15H3/t21-,23-,24-,28+/m1/s1. The molecule has 6 nitrogen and oxygen atoms in total. The van der Waals surface area contributed by atoms with Crippen LogP contribution in [0.5, 0.6) is 0 Å². The van der Waals surface area contributed by atoms with E-state index in [2.05, 4.69) is 123 Å². The van der Waals surface area contributed by atoms with Crippen molar-refractivity contribution in [1.29, 1.82) is 0 Å². The van der Waals surface area contributed by atoms with Crippen molar-refractivity contribution in [2.45, 2.75) is 141 Å². The quantitative estimate of drug-likeness (QED) is 0.227. The van der Waals surface area contributed by atoms with Gasteiger partial charge in [-0.05, 0) is 82.5 Å². The van der Waals surface area contributed by atoms with Gasteiger partial charge in [0.1, 0.15) is 22.9 Å². The average molecular weight is 649 g/mol. The van der Waals surface area contributed by atoms with Crippen LogP contribution in [0.3, 0.4) is 0 Å². The van der Waals surface area contributed by atoms with Crippen LogP contribution in [0.4, 0.5) is 0 Å². The summed E-state index contributed by atoms with van der Waals surface area (Å²) in [5.41, 5.74) is 0.558. The number of hydrogen-bond acceptors (Lipinski definition) is 6. The van der Waals surface area contributed by atoms with Crippen molar-refractivity contribution in [1.82, 2.24) is 4.98 Å². The van der Waals surface area contributed by atoms with Gasteiger partial charge >= 0.3 is 0 Å². The van der Waals surface area contributed by atoms with Gasteiger partial charge in [-0.2, -0.15) is 0 Å². The second-order valence-corrected chi connectivity index (χ2v) is 30.6. The molecule has 0 aromatic carbocycles. The van der Waals surface area contributed by atoms with Gasteiger partial charge in [-0.25, -0.2) is 4.98 Å². The summed E-state index contributed by atoms with van der Waals surface area (Å²) in [5.74, 6) is -1.72. The zero-order valence-electron chi connectivity index (χ0n) is 26.6. The molecule has 1 fully saturated rings. The SMILES string of the molecule is CC(C)(C)[Si](C)(C)OC[C@H]1O[C@@](O)(c2ccc(Br)nc2)[C@H](O[Si](C)(C)C(C)(C)C)[C@@H]1O[Si](C)(C)C(C)(C)C. The summed E-state index contributed by atoms with van der Waals surface area (Å²) >= 11 is 3.42. The molecule has 1 N–H and O–H groups in total. The van der Waals surface area contributed by atoms with Crippen LogP contribution in [-0.2, 0) is 23.8 Å². The summed E-state index contributed by atoms with van der Waals surface area (Å²) in [6.07, 6.45) is -0.0642. The Morgan fingerprint density at radius 1 is 0.842 bits per heavy atom. The predicted octanol–water partition coefficient (Wildman–Crippen LogP) is 8.19. The highest BCUT2D eigenvalue weighted by molar-refractivity contribution is 9.10. The molecular formula is C28H54BrNO5Si3. The third kappa shape index (κ3) is 7.28. The van der Waals surface area contributed by atoms with Gasteiger partial charge in [0.2, 0.25) is 5.79 Å². The van der Waals surface area contributed by atoms with E-state index in [1.807, 2.05) is 12.1 Å². The molecule has 0 saturated carbocycles. The minimum atomic E-state index is -2.35. The fraction of sp³-hybridized carbons (Fsp3) is 0.821. The summed E-state index contributed by atoms with van der Waals surface area (Å²) in [4.78, 5) is 4.41. The van der Waals surface area contributed by atoms with Gasteiger partial charge in [0.25, 0.3) is 0 Å². The molecule has 1 saturated heterocycles. The van der Waals surface area contributed by atoms with Crippen LogP contribution in [0, 0.1) is 0 Å². The fourth-order valence-electron chi connectivity index (χ4n) is 3.53. The lowest BCUT2D eigenvalue weighted by atomic mass is 9.99. The Morgan fingerprint density at radius 3 is 1.74 bits per heavy atom. The van der Waals surface area contributed by atoms with Gasteiger partial charge in [0, 0.05) is 11.8 Å². The number of aromatic nitrogens is 1. The molecular weight excluding hydrogens is 594 g/mol. The minimum absolute atomic E-state index is 0.0285. The Balaban J connectivity index is 2.67. The van der Waals surface area contributed by atoms with Crippen molar-refractivity contribution < 1.29 is 23.1 Å². The number of halogens is 1. The van der Waals surface area contributed by atoms with Crippen LogP contribution in [0.2, 0.25) is 54.4 Å². The Morgan fingerprint density at radius 2 is 1.32 bits per heavy atom. The van der Waals surface area contributed by atoms with Gasteiger partial charge in [-0.1, -0.05) is 62.3 Å². The highest BCUT2D eigenvalue weighted by Crippen LogP contribution is 2.49. The first-order valence-electron chi connectivity index (χ1n) is 13.8. The number of ether oxygens (including phenoxy) is 1. The zero-order valence-corrected chi connectivity index (χ0v) is 31.2. The molecule has 0 bridgehead atoms. The Hall–Kier alpha value is 0.0806. The highest BCUT2D eigenvalue weighted by Gasteiger charge is 2.61. The smallest absolute Gasteiger partial charge is 0.222 e. The van der Waals surface area contributed by atoms with Gasteiger partial charge in [-0.15, -0.1) is 0 Å². The summed E-state index contributed by atoms with van der Waals surface area (Å²) in [7, 11) is -6.72. The minimum Gasteiger partial charge on any atom is -0.414 e. The van der Waals surface area contributed by atoms with E-state index in [1.54, 1.807) is 6.20 Å². The van der Waals surface area contributed by atoms with E-state index in [0.717, 1.165) is 0 Å². The van der Waals surface area contributed by atoms with E-state index >= 15 is 0 Å². The number of pyridine rings is 1. The lowest BCUT2D eigenvalue weighted by molar-refractivity contribution is -0.236. The molecule has 2 heterocycles. The number of rotatable bonds is 8. The number of hydrogen-bond donors (Lipinski definition) is 1. The molecule has 1 aromatic heterocycles. The predicted molar refractivity (Wildman–Crippen MR) is 168 cm³/mol. The van der Waals surface area contributed by atoms with E-state index in [-0.39, 0.29) is 15.1 Å². The van der Waals surface area contributed by atoms with Crippen molar-refractivity contribution in [3.05, 3.63) is 28.5 Å². The molecule has 0 aliphatic carbocycles. The van der Waals surface area contributed by atoms with Crippen molar-refractivity contribution in [2.24, 2.45) is 0 Å². The Kier molecular flexibility index (Phi) is 9.97. The average Bonchev–Trinajstić information content (AvgIpc) is 2.96. The third-order valence-corrected chi connectivity index (χ3v) is 23.3. The van der Waals surface area contributed by atoms with Crippen molar-refractivity contribution >= 4 is 40.9 Å². The molecule has 10 heteroatoms. The molecule has 1 aromatic rings. The number of nitrogens with zero attached hydrogens (tertiary/aromatic N) is 1. The molecule has 38 heavy (non-hydrogen) atoms. The van der Waals surface area contributed by atoms with E-state index in [0.29, 0.717) is 16.8 Å². The normalized spacial score (nSPS) is 26.2. The third-order valence-electron chi connectivity index (χ3n) is 9.40. The largest absolute Gasteiger partial charge is 0.414 e. The van der Waals surface area contributed by atoms with Crippen molar-refractivity contribution in [2.75, 3.05) is 6.61 Å². The first-order chi connectivity index (χ1) is 16.8. The molecule has 1 aliphatic rings. The van der Waals surface area contributed by atoms with Crippen LogP contribution < -0.4 is 0 Å². The van der Waals surface area contributed by atoms with Crippen LogP contribution in [0.25, 0.3) is 0 Å². The second kappa shape index (κ2) is 11.1. The topological polar surface area (TPSA) is 70.0 Å². The molecule has 2 rings (SSSR count). The van der Waals surface area contributed by atoms with Crippen molar-refractivity contribution in [3.63, 3.8) is 0 Å². The van der Waals surface area contributed by atoms with Gasteiger partial charge < -0.3 is 23.1 Å². The molecule has 0 unspecified atom stereocenters. The van der Waals surface area contributed by atoms with E-state index in [4.69, 9.17) is 18.0 Å². The first-order valence-corrected chi connectivity index (χ1v) is 23.3. The zero-order chi connectivity index (χ0) is 29.8. The highest BCUT2D eigenvalue weighted by atomic mass is 79.9. The number of aliphatic hydroxyl groups is 1. The van der Waals surface area contributed by atoms with Crippen LogP contribution in [0.15, 0.2) is 22.9 Å². The Labute approximate surface area is 244 Å². The molecule has 0 radical (unpaired) electrons. The summed E-state index contributed by atoms with van der Waals surface area (Å²) in [6, 6.07) is 3.67. The fourth-order valence-corrected chi connectivity index (χ4v) is 7.37. The molecule has 220 valence electrons. The lowest BCUT2D eigenvalue weighted by Crippen LogP contribution is -2.56. The van der Waals surface area contributed by atoms with Crippen LogP contribution in [0.1, 0.15) is 67.9 Å². The van der Waals surface area contributed by atoms with Gasteiger partial charge in [-0.3, -0.25) is 0 Å². The monoisotopic (exact) mass is 647 g/mol. The molecule has 4 atom stereocenters. The molecule has 1 aliphatic heterocycles. The van der Waals surface area contributed by atoms with E-state index in [9.17, 15) is 5.11 Å². The summed E-state index contributed by atoms with van der Waals surface area (Å²) in [6.45, 7) is 33.7. The summed E-state index contributed by atoms with van der Waals surface area (Å²) in [5, 5.41) is 12.3. The maximum Gasteiger partial charge on any atom is 0.222 e. The summed E-state index contributed by atoms with van der Waals surface area (Å²) < 4.78 is 28.1. The lowest BCUT2D eigenvalue weighted by Gasteiger charge is -2.45. The first kappa shape index (κ1) is 34.3. The van der Waals surface area contributed by atoms with Gasteiger partial charge in [0.15, 0.2) is 25.0 Å². The van der Waals surface area contributed by atoms with Gasteiger partial charge in [0.05, 0.1) is 6.61 Å². The second-order valence-electron chi connectivity index (χ2n) is 15.4. The van der Waals surface area contributed by atoms with E-state index in [1.165, 1.54) is 0 Å². The maximum absolute atomic E-state index is 12.4.